The van der Waals surface area contributed by atoms with Crippen molar-refractivity contribution in [3.05, 3.63) is 77.1 Å². The standard InChI is InChI=1S/C21H23NO/c1-17-6-5-9-19(11-10-17)16-20-13-15-22(21(20)23)14-12-18-7-3-2-4-8-18/h2-10,20H,12-16H2,1H3. The summed E-state index contributed by atoms with van der Waals surface area (Å²) in [7, 11) is 0. The number of carbonyl (C=O) groups is 1. The summed E-state index contributed by atoms with van der Waals surface area (Å²) in [4.78, 5) is 14.6. The van der Waals surface area contributed by atoms with E-state index < -0.39 is 0 Å². The molecule has 3 rings (SSSR count). The molecule has 2 aliphatic rings. The molecule has 1 amide bonds. The monoisotopic (exact) mass is 305 g/mol. The van der Waals surface area contributed by atoms with Crippen molar-refractivity contribution in [2.75, 3.05) is 13.1 Å². The molecule has 1 saturated heterocycles. The zero-order valence-corrected chi connectivity index (χ0v) is 13.7. The fourth-order valence-corrected chi connectivity index (χ4v) is 3.13. The van der Waals surface area contributed by atoms with Crippen molar-refractivity contribution in [2.24, 2.45) is 5.92 Å². The minimum atomic E-state index is 0.115. The summed E-state index contributed by atoms with van der Waals surface area (Å²) in [6, 6.07) is 10.4. The molecule has 0 radical (unpaired) electrons. The topological polar surface area (TPSA) is 20.3 Å². The van der Waals surface area contributed by atoms with E-state index in [0.29, 0.717) is 5.91 Å². The summed E-state index contributed by atoms with van der Waals surface area (Å²) in [6.45, 7) is 3.77. The molecule has 118 valence electrons. The molecule has 0 bridgehead atoms. The third-order valence-corrected chi connectivity index (χ3v) is 4.53. The van der Waals surface area contributed by atoms with E-state index in [1.54, 1.807) is 0 Å². The van der Waals surface area contributed by atoms with Gasteiger partial charge in [0.25, 0.3) is 0 Å². The van der Waals surface area contributed by atoms with Crippen LogP contribution in [0.25, 0.3) is 0 Å². The van der Waals surface area contributed by atoms with Crippen molar-refractivity contribution >= 4 is 5.91 Å². The zero-order chi connectivity index (χ0) is 16.1. The maximum absolute atomic E-state index is 12.6. The maximum atomic E-state index is 12.6. The van der Waals surface area contributed by atoms with Crippen molar-refractivity contribution in [3.8, 4) is 0 Å². The summed E-state index contributed by atoms with van der Waals surface area (Å²) in [5, 5.41) is 0. The van der Waals surface area contributed by atoms with Crippen LogP contribution in [0.4, 0.5) is 0 Å². The van der Waals surface area contributed by atoms with Crippen LogP contribution >= 0.6 is 0 Å². The quantitative estimate of drug-likeness (QED) is 0.751. The number of carbonyl (C=O) groups excluding carboxylic acids is 1. The number of rotatable bonds is 5. The third-order valence-electron chi connectivity index (χ3n) is 4.53. The van der Waals surface area contributed by atoms with Crippen LogP contribution in [0.5, 0.6) is 0 Å². The summed E-state index contributed by atoms with van der Waals surface area (Å²) in [6.07, 6.45) is 10.9. The minimum Gasteiger partial charge on any atom is -0.342 e. The van der Waals surface area contributed by atoms with E-state index in [-0.39, 0.29) is 5.92 Å². The van der Waals surface area contributed by atoms with Gasteiger partial charge in [-0.1, -0.05) is 48.6 Å². The Morgan fingerprint density at radius 1 is 1.26 bits per heavy atom. The molecule has 1 fully saturated rings. The number of likely N-dealkylation sites (tertiary alicyclic amines) is 1. The molecule has 1 heterocycles. The second-order valence-electron chi connectivity index (χ2n) is 6.33. The molecule has 2 heteroatoms. The average molecular weight is 305 g/mol. The Balaban J connectivity index is 1.56. The van der Waals surface area contributed by atoms with Crippen LogP contribution in [0.15, 0.2) is 71.5 Å². The van der Waals surface area contributed by atoms with Gasteiger partial charge < -0.3 is 4.90 Å². The van der Waals surface area contributed by atoms with Crippen LogP contribution in [0, 0.1) is 5.92 Å². The first kappa shape index (κ1) is 15.6. The van der Waals surface area contributed by atoms with E-state index in [9.17, 15) is 4.79 Å². The largest absolute Gasteiger partial charge is 0.342 e. The Hall–Kier alpha value is -2.31. The van der Waals surface area contributed by atoms with Gasteiger partial charge >= 0.3 is 0 Å². The number of allylic oxidation sites excluding steroid dienone is 5. The SMILES string of the molecule is CC1=CC=CC(CC2CCN(CCc3ccccc3)C2=O)=C=C1. The molecule has 0 saturated carbocycles. The van der Waals surface area contributed by atoms with Gasteiger partial charge in [0.1, 0.15) is 0 Å². The van der Waals surface area contributed by atoms with Crippen LogP contribution in [-0.2, 0) is 11.2 Å². The third kappa shape index (κ3) is 4.12. The highest BCUT2D eigenvalue weighted by atomic mass is 16.2. The van der Waals surface area contributed by atoms with Crippen LogP contribution in [0.1, 0.15) is 25.3 Å². The van der Waals surface area contributed by atoms with E-state index in [1.165, 1.54) is 11.1 Å². The molecular formula is C21H23NO. The van der Waals surface area contributed by atoms with Crippen molar-refractivity contribution in [1.82, 2.24) is 4.90 Å². The Morgan fingerprint density at radius 3 is 2.91 bits per heavy atom. The smallest absolute Gasteiger partial charge is 0.226 e. The second-order valence-corrected chi connectivity index (χ2v) is 6.33. The summed E-state index contributed by atoms with van der Waals surface area (Å²) >= 11 is 0. The highest BCUT2D eigenvalue weighted by Gasteiger charge is 2.31. The molecule has 1 unspecified atom stereocenters. The van der Waals surface area contributed by atoms with E-state index in [4.69, 9.17) is 0 Å². The molecule has 2 nitrogen and oxygen atoms in total. The van der Waals surface area contributed by atoms with Gasteiger partial charge in [0, 0.05) is 19.0 Å². The molecule has 1 aliphatic heterocycles. The number of benzene rings is 1. The van der Waals surface area contributed by atoms with Crippen LogP contribution in [-0.4, -0.2) is 23.9 Å². The predicted octanol–water partition coefficient (Wildman–Crippen LogP) is 4.07. The number of amides is 1. The number of hydrogen-bond donors (Lipinski definition) is 0. The lowest BCUT2D eigenvalue weighted by Gasteiger charge is -2.16. The molecule has 0 spiro atoms. The van der Waals surface area contributed by atoms with Crippen molar-refractivity contribution in [2.45, 2.75) is 26.2 Å². The molecule has 1 aromatic carbocycles. The van der Waals surface area contributed by atoms with E-state index >= 15 is 0 Å². The highest BCUT2D eigenvalue weighted by Crippen LogP contribution is 2.25. The summed E-state index contributed by atoms with van der Waals surface area (Å²) in [5.41, 5.74) is 6.93. The molecule has 1 atom stereocenters. The van der Waals surface area contributed by atoms with Gasteiger partial charge in [-0.3, -0.25) is 4.79 Å². The Bertz CT molecular complexity index is 690. The fraction of sp³-hybridized carbons (Fsp3) is 0.333. The van der Waals surface area contributed by atoms with E-state index in [2.05, 4.69) is 49.1 Å². The van der Waals surface area contributed by atoms with Gasteiger partial charge in [0.2, 0.25) is 5.91 Å². The molecular weight excluding hydrogens is 282 g/mol. The van der Waals surface area contributed by atoms with Gasteiger partial charge in [-0.15, -0.1) is 5.73 Å². The van der Waals surface area contributed by atoms with Gasteiger partial charge in [-0.2, -0.15) is 0 Å². The van der Waals surface area contributed by atoms with Gasteiger partial charge in [-0.05, 0) is 49.0 Å². The normalized spacial score (nSPS) is 20.5. The number of hydrogen-bond acceptors (Lipinski definition) is 1. The highest BCUT2D eigenvalue weighted by molar-refractivity contribution is 5.81. The second kappa shape index (κ2) is 7.30. The van der Waals surface area contributed by atoms with E-state index in [1.807, 2.05) is 23.1 Å². The Labute approximate surface area is 138 Å². The zero-order valence-electron chi connectivity index (χ0n) is 13.7. The van der Waals surface area contributed by atoms with Gasteiger partial charge in [0.15, 0.2) is 0 Å². The lowest BCUT2D eigenvalue weighted by Crippen LogP contribution is -2.29. The Kier molecular flexibility index (Phi) is 4.95. The fourth-order valence-electron chi connectivity index (χ4n) is 3.13. The van der Waals surface area contributed by atoms with Gasteiger partial charge in [-0.25, -0.2) is 0 Å². The van der Waals surface area contributed by atoms with Crippen LogP contribution in [0.3, 0.4) is 0 Å². The lowest BCUT2D eigenvalue weighted by atomic mass is 9.98. The first-order valence-corrected chi connectivity index (χ1v) is 8.35. The lowest BCUT2D eigenvalue weighted by molar-refractivity contribution is -0.130. The minimum absolute atomic E-state index is 0.115. The Morgan fingerprint density at radius 2 is 2.09 bits per heavy atom. The van der Waals surface area contributed by atoms with E-state index in [0.717, 1.165) is 37.9 Å². The molecule has 0 aromatic heterocycles. The van der Waals surface area contributed by atoms with Crippen molar-refractivity contribution in [1.29, 1.82) is 0 Å². The first-order chi connectivity index (χ1) is 11.2. The summed E-state index contributed by atoms with van der Waals surface area (Å²) < 4.78 is 0. The average Bonchev–Trinajstić information content (AvgIpc) is 2.77. The first-order valence-electron chi connectivity index (χ1n) is 8.35. The van der Waals surface area contributed by atoms with Gasteiger partial charge in [0.05, 0.1) is 0 Å². The predicted molar refractivity (Wildman–Crippen MR) is 93.9 cm³/mol. The number of nitrogens with zero attached hydrogens (tertiary/aromatic N) is 1. The molecule has 1 aromatic rings. The van der Waals surface area contributed by atoms with Crippen molar-refractivity contribution in [3.63, 3.8) is 0 Å². The van der Waals surface area contributed by atoms with Crippen LogP contribution in [0.2, 0.25) is 0 Å². The molecule has 0 N–H and O–H groups in total. The maximum Gasteiger partial charge on any atom is 0.226 e. The molecule has 23 heavy (non-hydrogen) atoms. The molecule has 1 aliphatic carbocycles. The van der Waals surface area contributed by atoms with Crippen molar-refractivity contribution < 1.29 is 4.79 Å². The van der Waals surface area contributed by atoms with Crippen LogP contribution < -0.4 is 0 Å². The summed E-state index contributed by atoms with van der Waals surface area (Å²) in [5.74, 6) is 0.419.